The highest BCUT2D eigenvalue weighted by Crippen LogP contribution is 2.32. The van der Waals surface area contributed by atoms with Gasteiger partial charge in [-0.05, 0) is 12.8 Å². The Morgan fingerprint density at radius 1 is 0.690 bits per heavy atom. The van der Waals surface area contributed by atoms with E-state index in [4.69, 9.17) is 0 Å². The van der Waals surface area contributed by atoms with Gasteiger partial charge in [-0.3, -0.25) is 4.48 Å². The maximum Gasteiger partial charge on any atom is 0.362 e. The summed E-state index contributed by atoms with van der Waals surface area (Å²) in [5, 5.41) is 29.6. The predicted molar refractivity (Wildman–Crippen MR) is 113 cm³/mol. The van der Waals surface area contributed by atoms with Crippen LogP contribution < -0.4 is 0 Å². The average Bonchev–Trinajstić information content (AvgIpc) is 2.64. The number of rotatable bonds is 17. The van der Waals surface area contributed by atoms with E-state index in [-0.39, 0.29) is 25.8 Å². The topological polar surface area (TPSA) is 112 Å². The molecule has 0 radical (unpaired) electrons. The fraction of sp³-hybridized carbons (Fsp3) is 0.773. The summed E-state index contributed by atoms with van der Waals surface area (Å²) in [6, 6.07) is -3.26. The van der Waals surface area contributed by atoms with Crippen molar-refractivity contribution in [3.8, 4) is 0 Å². The SMILES string of the molecule is CCCCCC/C=C/CC[N+](C(CC)C(=O)O)(C(CC)C(=O)O)C(CC)C(=O)O. The average molecular weight is 415 g/mol. The number of unbranched alkanes of at least 4 members (excludes halogenated alkanes) is 4. The molecule has 3 unspecified atom stereocenters. The van der Waals surface area contributed by atoms with Crippen molar-refractivity contribution < 1.29 is 34.2 Å². The predicted octanol–water partition coefficient (Wildman–Crippen LogP) is 4.31. The highest BCUT2D eigenvalue weighted by Gasteiger charge is 2.55. The molecule has 0 spiro atoms. The first-order chi connectivity index (χ1) is 13.7. The van der Waals surface area contributed by atoms with Crippen molar-refractivity contribution in [1.82, 2.24) is 0 Å². The number of carboxylic acid groups (broad SMARTS) is 3. The summed E-state index contributed by atoms with van der Waals surface area (Å²) in [4.78, 5) is 36.2. The Morgan fingerprint density at radius 3 is 1.45 bits per heavy atom. The summed E-state index contributed by atoms with van der Waals surface area (Å²) in [5.41, 5.74) is 0. The van der Waals surface area contributed by atoms with Crippen molar-refractivity contribution in [2.24, 2.45) is 0 Å². The van der Waals surface area contributed by atoms with Crippen LogP contribution in [0.5, 0.6) is 0 Å². The summed E-state index contributed by atoms with van der Waals surface area (Å²) in [6.45, 7) is 7.36. The maximum absolute atomic E-state index is 12.1. The molecular weight excluding hydrogens is 374 g/mol. The fourth-order valence-corrected chi connectivity index (χ4v) is 4.50. The van der Waals surface area contributed by atoms with Gasteiger partial charge in [0.1, 0.15) is 0 Å². The minimum Gasteiger partial charge on any atom is -0.477 e. The number of quaternary nitrogens is 1. The maximum atomic E-state index is 12.1. The normalized spacial score (nSPS) is 16.8. The molecule has 0 bridgehead atoms. The van der Waals surface area contributed by atoms with Gasteiger partial charge >= 0.3 is 17.9 Å². The monoisotopic (exact) mass is 414 g/mol. The molecule has 0 aromatic carbocycles. The molecule has 7 heteroatoms. The molecule has 0 saturated heterocycles. The van der Waals surface area contributed by atoms with E-state index < -0.39 is 40.5 Å². The second-order valence-electron chi connectivity index (χ2n) is 7.61. The van der Waals surface area contributed by atoms with Gasteiger partial charge < -0.3 is 15.3 Å². The number of carbonyl (C=O) groups is 3. The second kappa shape index (κ2) is 14.1. The van der Waals surface area contributed by atoms with Crippen LogP contribution in [0.4, 0.5) is 0 Å². The Balaban J connectivity index is 5.91. The minimum atomic E-state index is -1.14. The second-order valence-corrected chi connectivity index (χ2v) is 7.61. The molecule has 29 heavy (non-hydrogen) atoms. The van der Waals surface area contributed by atoms with Crippen LogP contribution in [-0.4, -0.2) is 62.4 Å². The first-order valence-corrected chi connectivity index (χ1v) is 10.9. The molecule has 0 aliphatic carbocycles. The molecule has 0 aromatic rings. The molecule has 0 amide bonds. The number of aliphatic carboxylic acids is 3. The van der Waals surface area contributed by atoms with Crippen molar-refractivity contribution >= 4 is 17.9 Å². The molecule has 0 fully saturated rings. The lowest BCUT2D eigenvalue weighted by molar-refractivity contribution is -0.972. The van der Waals surface area contributed by atoms with Gasteiger partial charge in [0.2, 0.25) is 0 Å². The van der Waals surface area contributed by atoms with E-state index in [1.807, 2.05) is 12.2 Å². The van der Waals surface area contributed by atoms with Crippen molar-refractivity contribution in [2.45, 2.75) is 104 Å². The Bertz CT molecular complexity index is 490. The lowest BCUT2D eigenvalue weighted by Crippen LogP contribution is -2.72. The standard InChI is InChI=1S/C22H39NO6/c1-5-9-10-11-12-13-14-15-16-23(17(6-2)20(24)25,18(7-3)21(26)27)19(8-4)22(28)29/h13-14,17-19H,5-12,15-16H2,1-4H3,(H2-,24,25,26,27,28,29)/p+1/b14-13+. The Morgan fingerprint density at radius 2 is 1.10 bits per heavy atom. The molecule has 168 valence electrons. The Labute approximate surface area is 175 Å². The molecule has 0 heterocycles. The van der Waals surface area contributed by atoms with Crippen LogP contribution in [-0.2, 0) is 14.4 Å². The molecule has 0 aromatic heterocycles. The zero-order valence-corrected chi connectivity index (χ0v) is 18.5. The third-order valence-electron chi connectivity index (χ3n) is 5.83. The fourth-order valence-electron chi connectivity index (χ4n) is 4.50. The third-order valence-corrected chi connectivity index (χ3v) is 5.83. The summed E-state index contributed by atoms with van der Waals surface area (Å²) in [5.74, 6) is -3.43. The smallest absolute Gasteiger partial charge is 0.362 e. The van der Waals surface area contributed by atoms with Crippen LogP contribution in [0.3, 0.4) is 0 Å². The lowest BCUT2D eigenvalue weighted by Gasteiger charge is -2.49. The van der Waals surface area contributed by atoms with Crippen LogP contribution in [0.25, 0.3) is 0 Å². The third kappa shape index (κ3) is 7.46. The molecule has 7 nitrogen and oxygen atoms in total. The van der Waals surface area contributed by atoms with Gasteiger partial charge in [0.25, 0.3) is 0 Å². The van der Waals surface area contributed by atoms with Crippen molar-refractivity contribution in [1.29, 1.82) is 0 Å². The molecule has 3 atom stereocenters. The van der Waals surface area contributed by atoms with E-state index in [1.165, 1.54) is 12.8 Å². The minimum absolute atomic E-state index is 0.170. The summed E-state index contributed by atoms with van der Waals surface area (Å²) < 4.78 is -0.455. The van der Waals surface area contributed by atoms with E-state index in [0.717, 1.165) is 19.3 Å². The number of hydrogen-bond donors (Lipinski definition) is 3. The summed E-state index contributed by atoms with van der Waals surface area (Å²) in [6.07, 6.45) is 10.5. The summed E-state index contributed by atoms with van der Waals surface area (Å²) in [7, 11) is 0. The van der Waals surface area contributed by atoms with E-state index in [0.29, 0.717) is 6.42 Å². The molecule has 0 rings (SSSR count). The van der Waals surface area contributed by atoms with Crippen LogP contribution >= 0.6 is 0 Å². The van der Waals surface area contributed by atoms with Crippen LogP contribution in [0.2, 0.25) is 0 Å². The van der Waals surface area contributed by atoms with Crippen molar-refractivity contribution in [3.05, 3.63) is 12.2 Å². The van der Waals surface area contributed by atoms with Gasteiger partial charge in [-0.15, -0.1) is 0 Å². The number of hydrogen-bond acceptors (Lipinski definition) is 3. The zero-order valence-electron chi connectivity index (χ0n) is 18.5. The van der Waals surface area contributed by atoms with Gasteiger partial charge in [-0.2, -0.15) is 0 Å². The number of allylic oxidation sites excluding steroid dienone is 1. The van der Waals surface area contributed by atoms with E-state index in [9.17, 15) is 29.7 Å². The largest absolute Gasteiger partial charge is 0.477 e. The quantitative estimate of drug-likeness (QED) is 0.186. The van der Waals surface area contributed by atoms with Gasteiger partial charge in [0, 0.05) is 25.7 Å². The van der Waals surface area contributed by atoms with Crippen LogP contribution in [0.1, 0.15) is 85.5 Å². The first-order valence-electron chi connectivity index (χ1n) is 10.9. The van der Waals surface area contributed by atoms with Crippen molar-refractivity contribution in [2.75, 3.05) is 6.54 Å². The molecule has 0 saturated carbocycles. The van der Waals surface area contributed by atoms with Crippen LogP contribution in [0, 0.1) is 0 Å². The highest BCUT2D eigenvalue weighted by molar-refractivity contribution is 5.78. The number of carboxylic acids is 3. The van der Waals surface area contributed by atoms with Crippen molar-refractivity contribution in [3.63, 3.8) is 0 Å². The van der Waals surface area contributed by atoms with Gasteiger partial charge in [0.15, 0.2) is 18.1 Å². The van der Waals surface area contributed by atoms with Gasteiger partial charge in [0.05, 0.1) is 6.54 Å². The number of nitrogens with zero attached hydrogens (tertiary/aromatic N) is 1. The molecule has 0 aliphatic rings. The Hall–Kier alpha value is -1.89. The first kappa shape index (κ1) is 27.1. The lowest BCUT2D eigenvalue weighted by atomic mass is 9.94. The highest BCUT2D eigenvalue weighted by atomic mass is 16.4. The molecule has 0 aliphatic heterocycles. The van der Waals surface area contributed by atoms with Gasteiger partial charge in [-0.25, -0.2) is 14.4 Å². The van der Waals surface area contributed by atoms with Gasteiger partial charge in [-0.1, -0.05) is 59.1 Å². The summed E-state index contributed by atoms with van der Waals surface area (Å²) >= 11 is 0. The van der Waals surface area contributed by atoms with E-state index >= 15 is 0 Å². The Kier molecular flexibility index (Phi) is 13.2. The van der Waals surface area contributed by atoms with E-state index in [1.54, 1.807) is 20.8 Å². The van der Waals surface area contributed by atoms with E-state index in [2.05, 4.69) is 6.92 Å². The molecule has 3 N–H and O–H groups in total. The van der Waals surface area contributed by atoms with Crippen LogP contribution in [0.15, 0.2) is 12.2 Å². The zero-order chi connectivity index (χ0) is 22.4. The molecular formula is C22H40NO6+.